The van der Waals surface area contributed by atoms with Crippen LogP contribution in [-0.2, 0) is 11.4 Å². The third kappa shape index (κ3) is 4.42. The lowest BCUT2D eigenvalue weighted by Crippen LogP contribution is -2.21. The zero-order chi connectivity index (χ0) is 18.5. The Morgan fingerprint density at radius 3 is 2.50 bits per heavy atom. The monoisotopic (exact) mass is 432 g/mol. The molecule has 0 atom stereocenters. The summed E-state index contributed by atoms with van der Waals surface area (Å²) in [4.78, 5) is 11.8. The second-order valence-corrected chi connectivity index (χ2v) is 6.76. The molecule has 5 nitrogen and oxygen atoms in total. The Morgan fingerprint density at radius 2 is 1.85 bits per heavy atom. The maximum Gasteiger partial charge on any atom is 0.273 e. The number of ether oxygens (including phenoxy) is 2. The average molecular weight is 433 g/mol. The van der Waals surface area contributed by atoms with Crippen molar-refractivity contribution in [3.05, 3.63) is 63.8 Å². The van der Waals surface area contributed by atoms with Gasteiger partial charge in [0.25, 0.3) is 5.91 Å². The van der Waals surface area contributed by atoms with Gasteiger partial charge >= 0.3 is 0 Å². The van der Waals surface area contributed by atoms with Crippen molar-refractivity contribution < 1.29 is 14.3 Å². The number of halogens is 1. The number of hydrogen-bond acceptors (Lipinski definition) is 4. The Bertz CT molecular complexity index is 869. The van der Waals surface area contributed by atoms with Gasteiger partial charge in [-0.2, -0.15) is 0 Å². The summed E-state index contributed by atoms with van der Waals surface area (Å²) in [7, 11) is 0. The van der Waals surface area contributed by atoms with Crippen molar-refractivity contribution in [3.8, 4) is 11.5 Å². The first-order valence-corrected chi connectivity index (χ1v) is 9.24. The molecule has 134 valence electrons. The molecular formula is C19H17BrN2O3S. The van der Waals surface area contributed by atoms with E-state index in [1.807, 2.05) is 49.4 Å². The van der Waals surface area contributed by atoms with Crippen molar-refractivity contribution in [1.29, 1.82) is 0 Å². The van der Waals surface area contributed by atoms with Gasteiger partial charge in [0.15, 0.2) is 16.6 Å². The Balaban J connectivity index is 1.87. The molecule has 26 heavy (non-hydrogen) atoms. The molecule has 0 unspecified atom stereocenters. The summed E-state index contributed by atoms with van der Waals surface area (Å²) >= 11 is 8.48. The molecule has 0 aliphatic carbocycles. The topological polar surface area (TPSA) is 59.6 Å². The first kappa shape index (κ1) is 18.4. The second kappa shape index (κ2) is 8.33. The summed E-state index contributed by atoms with van der Waals surface area (Å²) < 4.78 is 12.4. The van der Waals surface area contributed by atoms with E-state index >= 15 is 0 Å². The molecular weight excluding hydrogens is 416 g/mol. The van der Waals surface area contributed by atoms with Gasteiger partial charge in [-0.25, -0.2) is 0 Å². The summed E-state index contributed by atoms with van der Waals surface area (Å²) in [6.07, 6.45) is 1.71. The second-order valence-electron chi connectivity index (χ2n) is 5.49. The van der Waals surface area contributed by atoms with E-state index in [1.165, 1.54) is 0 Å². The molecule has 0 spiro atoms. The summed E-state index contributed by atoms with van der Waals surface area (Å²) in [6, 6.07) is 13.6. The van der Waals surface area contributed by atoms with Crippen LogP contribution in [0.15, 0.2) is 52.6 Å². The number of nitrogens with one attached hydrogen (secondary N) is 2. The normalized spacial score (nSPS) is 14.9. The quantitative estimate of drug-likeness (QED) is 0.537. The van der Waals surface area contributed by atoms with E-state index in [2.05, 4.69) is 26.6 Å². The van der Waals surface area contributed by atoms with Gasteiger partial charge in [0, 0.05) is 4.47 Å². The number of rotatable bonds is 6. The summed E-state index contributed by atoms with van der Waals surface area (Å²) in [6.45, 7) is 2.85. The summed E-state index contributed by atoms with van der Waals surface area (Å²) in [5, 5.41) is 5.67. The van der Waals surface area contributed by atoms with Crippen LogP contribution in [0.2, 0.25) is 0 Å². The molecule has 3 rings (SSSR count). The molecule has 2 aromatic rings. The van der Waals surface area contributed by atoms with Gasteiger partial charge in [-0.1, -0.05) is 46.3 Å². The molecule has 1 aliphatic heterocycles. The highest BCUT2D eigenvalue weighted by atomic mass is 79.9. The Kier molecular flexibility index (Phi) is 5.90. The van der Waals surface area contributed by atoms with E-state index in [1.54, 1.807) is 6.08 Å². The maximum atomic E-state index is 11.8. The van der Waals surface area contributed by atoms with Gasteiger partial charge in [0.2, 0.25) is 0 Å². The Hall–Kier alpha value is -2.38. The van der Waals surface area contributed by atoms with E-state index in [9.17, 15) is 4.79 Å². The minimum Gasteiger partial charge on any atom is -0.490 e. The van der Waals surface area contributed by atoms with Crippen LogP contribution < -0.4 is 20.1 Å². The van der Waals surface area contributed by atoms with E-state index < -0.39 is 0 Å². The highest BCUT2D eigenvalue weighted by Gasteiger charge is 2.21. The van der Waals surface area contributed by atoms with Crippen molar-refractivity contribution in [2.24, 2.45) is 0 Å². The lowest BCUT2D eigenvalue weighted by atomic mass is 10.1. The van der Waals surface area contributed by atoms with Crippen LogP contribution in [0.25, 0.3) is 6.08 Å². The first-order chi connectivity index (χ1) is 12.6. The van der Waals surface area contributed by atoms with Gasteiger partial charge < -0.3 is 14.8 Å². The van der Waals surface area contributed by atoms with Crippen LogP contribution in [0.4, 0.5) is 0 Å². The molecule has 1 amide bonds. The molecule has 2 N–H and O–H groups in total. The van der Waals surface area contributed by atoms with E-state index in [0.29, 0.717) is 35.5 Å². The standard InChI is InChI=1S/C19H17BrN2O3S/c1-2-24-16-9-13(8-15-18(23)22-19(26)21-15)14(20)10-17(16)25-11-12-6-4-3-5-7-12/h3-10H,2,11H2,1H3,(H2,21,22,23,26)/b15-8+. The number of carbonyl (C=O) groups is 1. The van der Waals surface area contributed by atoms with Crippen molar-refractivity contribution in [3.63, 3.8) is 0 Å². The third-order valence-electron chi connectivity index (χ3n) is 3.62. The fourth-order valence-electron chi connectivity index (χ4n) is 2.42. The predicted octanol–water partition coefficient (Wildman–Crippen LogP) is 3.77. The highest BCUT2D eigenvalue weighted by molar-refractivity contribution is 9.10. The lowest BCUT2D eigenvalue weighted by molar-refractivity contribution is -0.115. The minimum absolute atomic E-state index is 0.260. The summed E-state index contributed by atoms with van der Waals surface area (Å²) in [5.74, 6) is 0.979. The molecule has 0 aromatic heterocycles. The third-order valence-corrected chi connectivity index (χ3v) is 4.51. The fraction of sp³-hybridized carbons (Fsp3) is 0.158. The number of benzene rings is 2. The van der Waals surface area contributed by atoms with Gasteiger partial charge in [0.1, 0.15) is 12.3 Å². The fourth-order valence-corrected chi connectivity index (χ4v) is 3.06. The largest absolute Gasteiger partial charge is 0.490 e. The van der Waals surface area contributed by atoms with Crippen molar-refractivity contribution in [2.45, 2.75) is 13.5 Å². The van der Waals surface area contributed by atoms with Gasteiger partial charge in [0.05, 0.1) is 6.61 Å². The molecule has 1 heterocycles. The number of thiocarbonyl (C=S) groups is 1. The zero-order valence-corrected chi connectivity index (χ0v) is 16.4. The number of hydrogen-bond donors (Lipinski definition) is 2. The van der Waals surface area contributed by atoms with Crippen LogP contribution in [0.3, 0.4) is 0 Å². The molecule has 7 heteroatoms. The molecule has 0 bridgehead atoms. The van der Waals surface area contributed by atoms with E-state index in [-0.39, 0.29) is 5.91 Å². The molecule has 1 saturated heterocycles. The number of amides is 1. The lowest BCUT2D eigenvalue weighted by Gasteiger charge is -2.14. The zero-order valence-electron chi connectivity index (χ0n) is 14.0. The average Bonchev–Trinajstić information content (AvgIpc) is 2.94. The number of carbonyl (C=O) groups excluding carboxylic acids is 1. The van der Waals surface area contributed by atoms with Gasteiger partial charge in [-0.05, 0) is 48.5 Å². The predicted molar refractivity (Wildman–Crippen MR) is 108 cm³/mol. The van der Waals surface area contributed by atoms with Crippen molar-refractivity contribution >= 4 is 45.2 Å². The molecule has 2 aromatic carbocycles. The summed E-state index contributed by atoms with van der Waals surface area (Å²) in [5.41, 5.74) is 2.23. The first-order valence-electron chi connectivity index (χ1n) is 8.04. The van der Waals surface area contributed by atoms with Gasteiger partial charge in [-0.15, -0.1) is 0 Å². The molecule has 0 saturated carbocycles. The van der Waals surface area contributed by atoms with E-state index in [4.69, 9.17) is 21.7 Å². The van der Waals surface area contributed by atoms with Crippen LogP contribution in [-0.4, -0.2) is 17.6 Å². The van der Waals surface area contributed by atoms with Crippen LogP contribution in [0.1, 0.15) is 18.1 Å². The van der Waals surface area contributed by atoms with Crippen molar-refractivity contribution in [2.75, 3.05) is 6.61 Å². The molecule has 1 aliphatic rings. The SMILES string of the molecule is CCOc1cc(/C=C2/NC(=S)NC2=O)c(Br)cc1OCc1ccccc1. The minimum atomic E-state index is -0.260. The molecule has 1 fully saturated rings. The van der Waals surface area contributed by atoms with Crippen molar-refractivity contribution in [1.82, 2.24) is 10.6 Å². The Labute approximate surface area is 165 Å². The highest BCUT2D eigenvalue weighted by Crippen LogP contribution is 2.35. The molecule has 0 radical (unpaired) electrons. The maximum absolute atomic E-state index is 11.8. The van der Waals surface area contributed by atoms with Crippen LogP contribution >= 0.6 is 28.1 Å². The Morgan fingerprint density at radius 1 is 1.12 bits per heavy atom. The smallest absolute Gasteiger partial charge is 0.273 e. The van der Waals surface area contributed by atoms with E-state index in [0.717, 1.165) is 15.6 Å². The van der Waals surface area contributed by atoms with Crippen LogP contribution in [0, 0.1) is 0 Å². The van der Waals surface area contributed by atoms with Gasteiger partial charge in [-0.3, -0.25) is 10.1 Å². The van der Waals surface area contributed by atoms with Crippen LogP contribution in [0.5, 0.6) is 11.5 Å².